The Morgan fingerprint density at radius 2 is 2.10 bits per heavy atom. The minimum atomic E-state index is -3.79. The molecule has 2 aromatic rings. The van der Waals surface area contributed by atoms with Gasteiger partial charge in [-0.15, -0.1) is 0 Å². The number of nitrogens with two attached hydrogens (primary N) is 1. The van der Waals surface area contributed by atoms with E-state index in [1.807, 2.05) is 6.07 Å². The second-order valence-electron chi connectivity index (χ2n) is 4.30. The molecule has 7 nitrogen and oxygen atoms in total. The fraction of sp³-hybridized carbons (Fsp3) is 0.167. The fourth-order valence-electron chi connectivity index (χ4n) is 1.63. The van der Waals surface area contributed by atoms with Gasteiger partial charge in [0.15, 0.2) is 5.82 Å². The lowest BCUT2D eigenvalue weighted by atomic mass is 10.1. The molecule has 0 radical (unpaired) electrons. The van der Waals surface area contributed by atoms with Crippen molar-refractivity contribution in [2.24, 2.45) is 0 Å². The van der Waals surface area contributed by atoms with Gasteiger partial charge in [0, 0.05) is 0 Å². The number of hydrogen-bond acceptors (Lipinski definition) is 5. The van der Waals surface area contributed by atoms with Crippen molar-refractivity contribution in [3.05, 3.63) is 35.0 Å². The Labute approximate surface area is 116 Å². The minimum absolute atomic E-state index is 0.0500. The zero-order valence-corrected chi connectivity index (χ0v) is 11.7. The number of aromatic nitrogens is 2. The number of nitriles is 1. The van der Waals surface area contributed by atoms with Gasteiger partial charge >= 0.3 is 0 Å². The zero-order valence-electron chi connectivity index (χ0n) is 10.9. The summed E-state index contributed by atoms with van der Waals surface area (Å²) in [4.78, 5) is 0.0500. The van der Waals surface area contributed by atoms with E-state index in [4.69, 9.17) is 11.0 Å². The number of nitrogens with zero attached hydrogens (tertiary/aromatic N) is 2. The number of hydrogen-bond donors (Lipinski definition) is 3. The van der Waals surface area contributed by atoms with Gasteiger partial charge in [0.1, 0.15) is 0 Å². The number of anilines is 2. The lowest BCUT2D eigenvalue weighted by Crippen LogP contribution is -2.14. The summed E-state index contributed by atoms with van der Waals surface area (Å²) in [6.07, 6.45) is 0. The normalized spacial score (nSPS) is 11.1. The Morgan fingerprint density at radius 1 is 1.40 bits per heavy atom. The summed E-state index contributed by atoms with van der Waals surface area (Å²) in [5, 5.41) is 15.2. The lowest BCUT2D eigenvalue weighted by molar-refractivity contribution is 0.601. The summed E-state index contributed by atoms with van der Waals surface area (Å²) in [6, 6.07) is 6.24. The molecule has 0 unspecified atom stereocenters. The molecule has 0 amide bonds. The van der Waals surface area contributed by atoms with Crippen molar-refractivity contribution in [1.82, 2.24) is 10.2 Å². The standard InChI is InChI=1S/C12H13N5O2S/c1-7-5-10(4-3-9(7)6-13)20(18,19)17-12-11(14)8(2)15-16-12/h3-5H,14H2,1-2H3,(H2,15,16,17). The molecule has 0 saturated heterocycles. The van der Waals surface area contributed by atoms with Crippen LogP contribution >= 0.6 is 0 Å². The van der Waals surface area contributed by atoms with E-state index in [1.54, 1.807) is 13.8 Å². The molecule has 20 heavy (non-hydrogen) atoms. The number of nitrogens with one attached hydrogen (secondary N) is 2. The number of aromatic amines is 1. The minimum Gasteiger partial charge on any atom is -0.394 e. The molecule has 1 aromatic heterocycles. The number of H-pyrrole nitrogens is 1. The molecule has 0 spiro atoms. The summed E-state index contributed by atoms with van der Waals surface area (Å²) < 4.78 is 26.7. The van der Waals surface area contributed by atoms with Crippen molar-refractivity contribution in [3.63, 3.8) is 0 Å². The number of rotatable bonds is 3. The van der Waals surface area contributed by atoms with Gasteiger partial charge in [-0.3, -0.25) is 9.82 Å². The summed E-state index contributed by atoms with van der Waals surface area (Å²) in [6.45, 7) is 3.36. The van der Waals surface area contributed by atoms with Crippen molar-refractivity contribution in [2.45, 2.75) is 18.7 Å². The zero-order chi connectivity index (χ0) is 14.9. The first-order valence-electron chi connectivity index (χ1n) is 5.69. The van der Waals surface area contributed by atoms with E-state index < -0.39 is 10.0 Å². The van der Waals surface area contributed by atoms with Gasteiger partial charge in [0.25, 0.3) is 10.0 Å². The van der Waals surface area contributed by atoms with E-state index in [-0.39, 0.29) is 16.4 Å². The SMILES string of the molecule is Cc1cc(S(=O)(=O)Nc2n[nH]c(C)c2N)ccc1C#N. The van der Waals surface area contributed by atoms with Crippen molar-refractivity contribution < 1.29 is 8.42 Å². The molecule has 1 heterocycles. The maximum absolute atomic E-state index is 12.2. The van der Waals surface area contributed by atoms with E-state index in [9.17, 15) is 8.42 Å². The van der Waals surface area contributed by atoms with E-state index >= 15 is 0 Å². The Morgan fingerprint density at radius 3 is 2.60 bits per heavy atom. The highest BCUT2D eigenvalue weighted by molar-refractivity contribution is 7.92. The highest BCUT2D eigenvalue weighted by Crippen LogP contribution is 2.23. The van der Waals surface area contributed by atoms with Gasteiger partial charge in [-0.2, -0.15) is 10.4 Å². The molecule has 0 atom stereocenters. The van der Waals surface area contributed by atoms with Crippen LogP contribution in [0.4, 0.5) is 11.5 Å². The summed E-state index contributed by atoms with van der Waals surface area (Å²) >= 11 is 0. The quantitative estimate of drug-likeness (QED) is 0.785. The smallest absolute Gasteiger partial charge is 0.263 e. The highest BCUT2D eigenvalue weighted by Gasteiger charge is 2.18. The van der Waals surface area contributed by atoms with Gasteiger partial charge in [-0.25, -0.2) is 8.42 Å². The molecule has 104 valence electrons. The van der Waals surface area contributed by atoms with E-state index in [0.717, 1.165) is 0 Å². The van der Waals surface area contributed by atoms with Crippen LogP contribution in [0.1, 0.15) is 16.8 Å². The molecule has 1 aromatic carbocycles. The van der Waals surface area contributed by atoms with Crippen LogP contribution in [-0.4, -0.2) is 18.6 Å². The molecule has 4 N–H and O–H groups in total. The third-order valence-corrected chi connectivity index (χ3v) is 4.19. The average Bonchev–Trinajstić information content (AvgIpc) is 2.70. The Hall–Kier alpha value is -2.53. The number of nitrogen functional groups attached to an aromatic ring is 1. The summed E-state index contributed by atoms with van der Waals surface area (Å²) in [5.74, 6) is 0.0597. The summed E-state index contributed by atoms with van der Waals surface area (Å²) in [7, 11) is -3.79. The molecule has 0 saturated carbocycles. The van der Waals surface area contributed by atoms with Gasteiger partial charge < -0.3 is 5.73 Å². The fourth-order valence-corrected chi connectivity index (χ4v) is 2.74. The Balaban J connectivity index is 2.39. The Kier molecular flexibility index (Phi) is 3.38. The van der Waals surface area contributed by atoms with E-state index in [2.05, 4.69) is 14.9 Å². The van der Waals surface area contributed by atoms with Gasteiger partial charge in [-0.1, -0.05) is 0 Å². The van der Waals surface area contributed by atoms with Crippen LogP contribution in [0.5, 0.6) is 0 Å². The first-order valence-corrected chi connectivity index (χ1v) is 7.17. The Bertz CT molecular complexity index is 802. The molecular formula is C12H13N5O2S. The highest BCUT2D eigenvalue weighted by atomic mass is 32.2. The third kappa shape index (κ3) is 2.44. The predicted octanol–water partition coefficient (Wildman–Crippen LogP) is 1.28. The number of aryl methyl sites for hydroxylation is 2. The molecule has 0 fully saturated rings. The van der Waals surface area contributed by atoms with Gasteiger partial charge in [0.2, 0.25) is 0 Å². The van der Waals surface area contributed by atoms with E-state index in [1.165, 1.54) is 18.2 Å². The van der Waals surface area contributed by atoms with Crippen molar-refractivity contribution in [2.75, 3.05) is 10.5 Å². The first kappa shape index (κ1) is 13.9. The van der Waals surface area contributed by atoms with Gasteiger partial charge in [-0.05, 0) is 37.6 Å². The predicted molar refractivity (Wildman–Crippen MR) is 74.4 cm³/mol. The average molecular weight is 291 g/mol. The molecule has 8 heteroatoms. The van der Waals surface area contributed by atoms with Crippen LogP contribution in [0.3, 0.4) is 0 Å². The molecule has 2 rings (SSSR count). The third-order valence-electron chi connectivity index (χ3n) is 2.85. The first-order chi connectivity index (χ1) is 9.35. The maximum atomic E-state index is 12.2. The lowest BCUT2D eigenvalue weighted by Gasteiger charge is -2.07. The van der Waals surface area contributed by atoms with Crippen molar-refractivity contribution in [1.29, 1.82) is 5.26 Å². The monoisotopic (exact) mass is 291 g/mol. The van der Waals surface area contributed by atoms with Gasteiger partial charge in [0.05, 0.1) is 27.9 Å². The number of benzene rings is 1. The van der Waals surface area contributed by atoms with Crippen LogP contribution < -0.4 is 10.5 Å². The van der Waals surface area contributed by atoms with Crippen LogP contribution in [0.15, 0.2) is 23.1 Å². The van der Waals surface area contributed by atoms with Crippen molar-refractivity contribution in [3.8, 4) is 6.07 Å². The molecule has 0 aliphatic rings. The topological polar surface area (TPSA) is 125 Å². The molecular weight excluding hydrogens is 278 g/mol. The largest absolute Gasteiger partial charge is 0.394 e. The maximum Gasteiger partial charge on any atom is 0.263 e. The van der Waals surface area contributed by atoms with E-state index in [0.29, 0.717) is 16.8 Å². The van der Waals surface area contributed by atoms with Crippen LogP contribution in [0, 0.1) is 25.2 Å². The van der Waals surface area contributed by atoms with Crippen molar-refractivity contribution >= 4 is 21.5 Å². The van der Waals surface area contributed by atoms with Crippen LogP contribution in [-0.2, 0) is 10.0 Å². The molecule has 0 bridgehead atoms. The van der Waals surface area contributed by atoms with Crippen LogP contribution in [0.2, 0.25) is 0 Å². The van der Waals surface area contributed by atoms with Crippen LogP contribution in [0.25, 0.3) is 0 Å². The molecule has 0 aliphatic carbocycles. The molecule has 0 aliphatic heterocycles. The second kappa shape index (κ2) is 4.86. The summed E-state index contributed by atoms with van der Waals surface area (Å²) in [5.41, 5.74) is 7.55. The second-order valence-corrected chi connectivity index (χ2v) is 5.99. The number of sulfonamides is 1.